The summed E-state index contributed by atoms with van der Waals surface area (Å²) in [7, 11) is 0. The average Bonchev–Trinajstić information content (AvgIpc) is 2.32. The summed E-state index contributed by atoms with van der Waals surface area (Å²) in [6, 6.07) is 3.46. The zero-order valence-corrected chi connectivity index (χ0v) is 10.6. The van der Waals surface area contributed by atoms with Crippen molar-refractivity contribution in [2.45, 2.75) is 39.5 Å². The first kappa shape index (κ1) is 13.5. The van der Waals surface area contributed by atoms with Crippen molar-refractivity contribution in [2.24, 2.45) is 5.92 Å². The molecule has 3 N–H and O–H groups in total. The maximum Gasteiger partial charge on any atom is 0.227 e. The lowest BCUT2D eigenvalue weighted by Gasteiger charge is -2.15. The van der Waals surface area contributed by atoms with Gasteiger partial charge in [0.2, 0.25) is 5.91 Å². The second kappa shape index (κ2) is 6.89. The van der Waals surface area contributed by atoms with Gasteiger partial charge in [-0.25, -0.2) is 4.98 Å². The number of nitrogen functional groups attached to an aromatic ring is 1. The predicted octanol–water partition coefficient (Wildman–Crippen LogP) is 2.82. The van der Waals surface area contributed by atoms with E-state index in [0.717, 1.165) is 25.7 Å². The third kappa shape index (κ3) is 4.43. The summed E-state index contributed by atoms with van der Waals surface area (Å²) in [5.74, 6) is 0.643. The monoisotopic (exact) mass is 235 g/mol. The lowest BCUT2D eigenvalue weighted by molar-refractivity contribution is -0.120. The Balaban J connectivity index is 2.59. The summed E-state index contributed by atoms with van der Waals surface area (Å²) in [5.41, 5.74) is 6.20. The van der Waals surface area contributed by atoms with Gasteiger partial charge in [0.1, 0.15) is 5.82 Å². The minimum absolute atomic E-state index is 0.0836. The SMILES string of the molecule is CCCC(CCC)C(=O)Nc1ccc(N)nc1. The van der Waals surface area contributed by atoms with Crippen LogP contribution in [0.15, 0.2) is 18.3 Å². The highest BCUT2D eigenvalue weighted by atomic mass is 16.1. The van der Waals surface area contributed by atoms with Crippen molar-refractivity contribution >= 4 is 17.4 Å². The molecule has 0 fully saturated rings. The topological polar surface area (TPSA) is 68.0 Å². The normalized spacial score (nSPS) is 10.5. The zero-order valence-electron chi connectivity index (χ0n) is 10.6. The zero-order chi connectivity index (χ0) is 12.7. The molecule has 1 amide bonds. The fourth-order valence-electron chi connectivity index (χ4n) is 1.83. The van der Waals surface area contributed by atoms with Gasteiger partial charge in [-0.15, -0.1) is 0 Å². The van der Waals surface area contributed by atoms with Crippen LogP contribution in [0.1, 0.15) is 39.5 Å². The highest BCUT2D eigenvalue weighted by molar-refractivity contribution is 5.92. The van der Waals surface area contributed by atoms with E-state index in [-0.39, 0.29) is 11.8 Å². The molecule has 4 heteroatoms. The van der Waals surface area contributed by atoms with E-state index < -0.39 is 0 Å². The van der Waals surface area contributed by atoms with E-state index in [9.17, 15) is 4.79 Å². The molecule has 0 aliphatic carbocycles. The lowest BCUT2D eigenvalue weighted by atomic mass is 9.97. The minimum atomic E-state index is 0.0836. The molecule has 0 aromatic carbocycles. The molecule has 0 saturated heterocycles. The number of anilines is 2. The Morgan fingerprint density at radius 3 is 2.47 bits per heavy atom. The second-order valence-corrected chi connectivity index (χ2v) is 4.24. The third-order valence-electron chi connectivity index (χ3n) is 2.70. The summed E-state index contributed by atoms with van der Waals surface area (Å²) >= 11 is 0. The van der Waals surface area contributed by atoms with Gasteiger partial charge in [-0.1, -0.05) is 26.7 Å². The Kier molecular flexibility index (Phi) is 5.46. The van der Waals surface area contributed by atoms with Gasteiger partial charge in [-0.05, 0) is 25.0 Å². The van der Waals surface area contributed by atoms with Gasteiger partial charge in [0.25, 0.3) is 0 Å². The smallest absolute Gasteiger partial charge is 0.227 e. The lowest BCUT2D eigenvalue weighted by Crippen LogP contribution is -2.22. The van der Waals surface area contributed by atoms with E-state index in [1.807, 2.05) is 0 Å². The van der Waals surface area contributed by atoms with Crippen molar-refractivity contribution < 1.29 is 4.79 Å². The molecule has 0 aliphatic heterocycles. The molecule has 1 heterocycles. The van der Waals surface area contributed by atoms with Crippen LogP contribution in [0, 0.1) is 5.92 Å². The number of carbonyl (C=O) groups excluding carboxylic acids is 1. The van der Waals surface area contributed by atoms with Crippen LogP contribution in [-0.4, -0.2) is 10.9 Å². The van der Waals surface area contributed by atoms with Crippen molar-refractivity contribution in [2.75, 3.05) is 11.1 Å². The molecule has 0 bridgehead atoms. The van der Waals surface area contributed by atoms with E-state index in [4.69, 9.17) is 5.73 Å². The highest BCUT2D eigenvalue weighted by Crippen LogP contribution is 2.16. The quantitative estimate of drug-likeness (QED) is 0.796. The summed E-state index contributed by atoms with van der Waals surface area (Å²) < 4.78 is 0. The molecule has 1 aromatic heterocycles. The first-order chi connectivity index (χ1) is 8.17. The largest absolute Gasteiger partial charge is 0.384 e. The molecule has 94 valence electrons. The first-order valence-electron chi connectivity index (χ1n) is 6.19. The number of hydrogen-bond donors (Lipinski definition) is 2. The van der Waals surface area contributed by atoms with Gasteiger partial charge in [-0.2, -0.15) is 0 Å². The second-order valence-electron chi connectivity index (χ2n) is 4.24. The van der Waals surface area contributed by atoms with Gasteiger partial charge in [0.05, 0.1) is 11.9 Å². The van der Waals surface area contributed by atoms with Crippen LogP contribution in [0.5, 0.6) is 0 Å². The van der Waals surface area contributed by atoms with Crippen LogP contribution in [-0.2, 0) is 4.79 Å². The Bertz CT molecular complexity index is 342. The van der Waals surface area contributed by atoms with Gasteiger partial charge < -0.3 is 11.1 Å². The van der Waals surface area contributed by atoms with Crippen LogP contribution in [0.3, 0.4) is 0 Å². The first-order valence-corrected chi connectivity index (χ1v) is 6.19. The van der Waals surface area contributed by atoms with E-state index >= 15 is 0 Å². The van der Waals surface area contributed by atoms with Gasteiger partial charge in [-0.3, -0.25) is 4.79 Å². The maximum atomic E-state index is 12.0. The molecule has 17 heavy (non-hydrogen) atoms. The molecule has 0 saturated carbocycles. The van der Waals surface area contributed by atoms with Gasteiger partial charge >= 0.3 is 0 Å². The summed E-state index contributed by atoms with van der Waals surface area (Å²) in [5, 5.41) is 2.88. The average molecular weight is 235 g/mol. The Morgan fingerprint density at radius 1 is 1.35 bits per heavy atom. The molecule has 0 atom stereocenters. The molecule has 0 spiro atoms. The van der Waals surface area contributed by atoms with Crippen molar-refractivity contribution in [3.8, 4) is 0 Å². The van der Waals surface area contributed by atoms with E-state index in [2.05, 4.69) is 24.1 Å². The van der Waals surface area contributed by atoms with Crippen molar-refractivity contribution in [3.05, 3.63) is 18.3 Å². The Morgan fingerprint density at radius 2 is 2.00 bits per heavy atom. The van der Waals surface area contributed by atoms with Crippen LogP contribution in [0.2, 0.25) is 0 Å². The van der Waals surface area contributed by atoms with Gasteiger partial charge in [0.15, 0.2) is 0 Å². The third-order valence-corrected chi connectivity index (χ3v) is 2.70. The van der Waals surface area contributed by atoms with Gasteiger partial charge in [0, 0.05) is 5.92 Å². The number of pyridine rings is 1. The van der Waals surface area contributed by atoms with E-state index in [1.165, 1.54) is 0 Å². The van der Waals surface area contributed by atoms with Crippen molar-refractivity contribution in [1.82, 2.24) is 4.98 Å². The van der Waals surface area contributed by atoms with Crippen LogP contribution in [0.4, 0.5) is 11.5 Å². The number of nitrogens with two attached hydrogens (primary N) is 1. The van der Waals surface area contributed by atoms with Crippen LogP contribution >= 0.6 is 0 Å². The number of nitrogens with zero attached hydrogens (tertiary/aromatic N) is 1. The predicted molar refractivity (Wildman–Crippen MR) is 70.6 cm³/mol. The molecule has 1 rings (SSSR count). The van der Waals surface area contributed by atoms with Crippen molar-refractivity contribution in [3.63, 3.8) is 0 Å². The summed E-state index contributed by atoms with van der Waals surface area (Å²) in [4.78, 5) is 16.0. The maximum absolute atomic E-state index is 12.0. The van der Waals surface area contributed by atoms with E-state index in [1.54, 1.807) is 18.3 Å². The van der Waals surface area contributed by atoms with Crippen molar-refractivity contribution in [1.29, 1.82) is 0 Å². The number of nitrogens with one attached hydrogen (secondary N) is 1. The number of aromatic nitrogens is 1. The Labute approximate surface area is 103 Å². The molecular formula is C13H21N3O. The molecule has 0 unspecified atom stereocenters. The Hall–Kier alpha value is -1.58. The number of carbonyl (C=O) groups is 1. The molecule has 4 nitrogen and oxygen atoms in total. The molecular weight excluding hydrogens is 214 g/mol. The number of amides is 1. The molecule has 1 aromatic rings. The fourth-order valence-corrected chi connectivity index (χ4v) is 1.83. The number of rotatable bonds is 6. The minimum Gasteiger partial charge on any atom is -0.384 e. The summed E-state index contributed by atoms with van der Waals surface area (Å²) in [6.07, 6.45) is 5.50. The highest BCUT2D eigenvalue weighted by Gasteiger charge is 2.16. The fraction of sp³-hybridized carbons (Fsp3) is 0.538. The molecule has 0 radical (unpaired) electrons. The standard InChI is InChI=1S/C13H21N3O/c1-3-5-10(6-4-2)13(17)16-11-7-8-12(14)15-9-11/h7-10H,3-6H2,1-2H3,(H2,14,15)(H,16,17). The number of hydrogen-bond acceptors (Lipinski definition) is 3. The summed E-state index contributed by atoms with van der Waals surface area (Å²) in [6.45, 7) is 4.20. The van der Waals surface area contributed by atoms with E-state index in [0.29, 0.717) is 11.5 Å². The van der Waals surface area contributed by atoms with Crippen LogP contribution in [0.25, 0.3) is 0 Å². The van der Waals surface area contributed by atoms with Crippen LogP contribution < -0.4 is 11.1 Å². The molecule has 0 aliphatic rings.